The molecule has 0 atom stereocenters. The molecular weight excluding hydrogens is 232 g/mol. The predicted octanol–water partition coefficient (Wildman–Crippen LogP) is 1.17. The highest BCUT2D eigenvalue weighted by Gasteiger charge is 2.11. The molecule has 0 aliphatic carbocycles. The smallest absolute Gasteiger partial charge is 0.252 e. The van der Waals surface area contributed by atoms with Crippen molar-refractivity contribution in [1.29, 1.82) is 0 Å². The van der Waals surface area contributed by atoms with Crippen molar-refractivity contribution in [2.45, 2.75) is 20.0 Å². The standard InChI is InChI=1S/C12H16N4O2/c1-2-9-7-14-5-3-10(9)12-15-11(18-16-12)8-17-6-4-13/h3,5,7H,2,4,6,8,13H2,1H3. The zero-order valence-corrected chi connectivity index (χ0v) is 10.3. The van der Waals surface area contributed by atoms with Gasteiger partial charge in [0, 0.05) is 24.5 Å². The first-order chi connectivity index (χ1) is 8.85. The van der Waals surface area contributed by atoms with Crippen LogP contribution >= 0.6 is 0 Å². The summed E-state index contributed by atoms with van der Waals surface area (Å²) >= 11 is 0. The lowest BCUT2D eigenvalue weighted by Gasteiger charge is -2.00. The van der Waals surface area contributed by atoms with Gasteiger partial charge in [-0.25, -0.2) is 0 Å². The number of ether oxygens (including phenoxy) is 1. The molecule has 2 aromatic heterocycles. The fourth-order valence-corrected chi connectivity index (χ4v) is 1.59. The molecule has 0 saturated carbocycles. The van der Waals surface area contributed by atoms with Crippen molar-refractivity contribution in [1.82, 2.24) is 15.1 Å². The molecule has 0 fully saturated rings. The molecule has 0 aromatic carbocycles. The quantitative estimate of drug-likeness (QED) is 0.772. The van der Waals surface area contributed by atoms with Crippen LogP contribution in [0.25, 0.3) is 11.4 Å². The highest BCUT2D eigenvalue weighted by Crippen LogP contribution is 2.20. The van der Waals surface area contributed by atoms with Gasteiger partial charge < -0.3 is 15.0 Å². The van der Waals surface area contributed by atoms with E-state index in [0.717, 1.165) is 17.5 Å². The van der Waals surface area contributed by atoms with Gasteiger partial charge >= 0.3 is 0 Å². The molecular formula is C12H16N4O2. The number of nitrogens with two attached hydrogens (primary N) is 1. The first-order valence-electron chi connectivity index (χ1n) is 5.88. The van der Waals surface area contributed by atoms with Crippen LogP contribution in [0.4, 0.5) is 0 Å². The van der Waals surface area contributed by atoms with Gasteiger partial charge in [-0.3, -0.25) is 4.98 Å². The Morgan fingerprint density at radius 3 is 3.11 bits per heavy atom. The fourth-order valence-electron chi connectivity index (χ4n) is 1.59. The van der Waals surface area contributed by atoms with Gasteiger partial charge in [-0.05, 0) is 18.1 Å². The number of aryl methyl sites for hydroxylation is 1. The largest absolute Gasteiger partial charge is 0.370 e. The summed E-state index contributed by atoms with van der Waals surface area (Å²) < 4.78 is 10.4. The molecule has 0 amide bonds. The molecule has 0 aliphatic heterocycles. The van der Waals surface area contributed by atoms with E-state index < -0.39 is 0 Å². The third kappa shape index (κ3) is 2.91. The Kier molecular flexibility index (Phi) is 4.38. The van der Waals surface area contributed by atoms with Gasteiger partial charge in [0.05, 0.1) is 6.61 Å². The molecule has 0 bridgehead atoms. The Balaban J connectivity index is 2.13. The van der Waals surface area contributed by atoms with E-state index in [4.69, 9.17) is 15.0 Å². The first-order valence-corrected chi connectivity index (χ1v) is 5.88. The molecule has 18 heavy (non-hydrogen) atoms. The molecule has 2 heterocycles. The molecule has 0 saturated heterocycles. The van der Waals surface area contributed by atoms with Crippen LogP contribution in [0.5, 0.6) is 0 Å². The average Bonchev–Trinajstić information content (AvgIpc) is 2.88. The fraction of sp³-hybridized carbons (Fsp3) is 0.417. The highest BCUT2D eigenvalue weighted by molar-refractivity contribution is 5.58. The van der Waals surface area contributed by atoms with Crippen molar-refractivity contribution in [3.63, 3.8) is 0 Å². The second-order valence-corrected chi connectivity index (χ2v) is 3.74. The van der Waals surface area contributed by atoms with Gasteiger partial charge in [-0.1, -0.05) is 12.1 Å². The van der Waals surface area contributed by atoms with Crippen LogP contribution in [0, 0.1) is 0 Å². The molecule has 2 N–H and O–H groups in total. The van der Waals surface area contributed by atoms with E-state index in [9.17, 15) is 0 Å². The molecule has 0 radical (unpaired) electrons. The van der Waals surface area contributed by atoms with E-state index in [-0.39, 0.29) is 6.61 Å². The maximum absolute atomic E-state index is 5.33. The molecule has 6 nitrogen and oxygen atoms in total. The first kappa shape index (κ1) is 12.7. The molecule has 96 valence electrons. The van der Waals surface area contributed by atoms with Crippen molar-refractivity contribution >= 4 is 0 Å². The van der Waals surface area contributed by atoms with Crippen molar-refractivity contribution in [3.05, 3.63) is 29.9 Å². The lowest BCUT2D eigenvalue weighted by molar-refractivity contribution is 0.104. The van der Waals surface area contributed by atoms with Crippen LogP contribution in [0.15, 0.2) is 23.0 Å². The van der Waals surface area contributed by atoms with Crippen LogP contribution in [-0.4, -0.2) is 28.3 Å². The van der Waals surface area contributed by atoms with Crippen LogP contribution in [0.2, 0.25) is 0 Å². The van der Waals surface area contributed by atoms with Crippen molar-refractivity contribution in [2.24, 2.45) is 5.73 Å². The minimum absolute atomic E-state index is 0.288. The highest BCUT2D eigenvalue weighted by atomic mass is 16.5. The third-order valence-corrected chi connectivity index (χ3v) is 2.48. The summed E-state index contributed by atoms with van der Waals surface area (Å²) in [5, 5.41) is 3.95. The lowest BCUT2D eigenvalue weighted by atomic mass is 10.1. The van der Waals surface area contributed by atoms with Gasteiger partial charge in [0.15, 0.2) is 0 Å². The van der Waals surface area contributed by atoms with Crippen molar-refractivity contribution in [3.8, 4) is 11.4 Å². The van der Waals surface area contributed by atoms with Gasteiger partial charge in [-0.2, -0.15) is 4.98 Å². The van der Waals surface area contributed by atoms with Crippen LogP contribution in [-0.2, 0) is 17.8 Å². The molecule has 2 aromatic rings. The van der Waals surface area contributed by atoms with Crippen LogP contribution < -0.4 is 5.73 Å². The number of hydrogen-bond acceptors (Lipinski definition) is 6. The van der Waals surface area contributed by atoms with E-state index in [0.29, 0.717) is 24.9 Å². The van der Waals surface area contributed by atoms with Gasteiger partial charge in [-0.15, -0.1) is 0 Å². The lowest BCUT2D eigenvalue weighted by Crippen LogP contribution is -2.08. The molecule has 0 aliphatic rings. The maximum Gasteiger partial charge on any atom is 0.252 e. The molecule has 2 rings (SSSR count). The Bertz CT molecular complexity index is 498. The molecule has 0 spiro atoms. The predicted molar refractivity (Wildman–Crippen MR) is 65.6 cm³/mol. The van der Waals surface area contributed by atoms with Gasteiger partial charge in [0.2, 0.25) is 5.82 Å². The minimum atomic E-state index is 0.288. The Morgan fingerprint density at radius 2 is 2.33 bits per heavy atom. The van der Waals surface area contributed by atoms with Crippen LogP contribution in [0.1, 0.15) is 18.4 Å². The third-order valence-electron chi connectivity index (χ3n) is 2.48. The van der Waals surface area contributed by atoms with Crippen molar-refractivity contribution < 1.29 is 9.26 Å². The summed E-state index contributed by atoms with van der Waals surface area (Å²) in [6.07, 6.45) is 4.41. The van der Waals surface area contributed by atoms with E-state index in [1.807, 2.05) is 12.3 Å². The summed E-state index contributed by atoms with van der Waals surface area (Å²) in [4.78, 5) is 8.37. The van der Waals surface area contributed by atoms with Gasteiger partial charge in [0.1, 0.15) is 6.61 Å². The normalized spacial score (nSPS) is 10.8. The zero-order chi connectivity index (χ0) is 12.8. The summed E-state index contributed by atoms with van der Waals surface area (Å²) in [5.41, 5.74) is 7.36. The van der Waals surface area contributed by atoms with Crippen molar-refractivity contribution in [2.75, 3.05) is 13.2 Å². The summed E-state index contributed by atoms with van der Waals surface area (Å²) in [5.74, 6) is 1.03. The Morgan fingerprint density at radius 1 is 1.44 bits per heavy atom. The minimum Gasteiger partial charge on any atom is -0.370 e. The summed E-state index contributed by atoms with van der Waals surface area (Å²) in [6.45, 7) is 3.31. The molecule has 0 unspecified atom stereocenters. The Labute approximate surface area is 105 Å². The van der Waals surface area contributed by atoms with E-state index in [1.165, 1.54) is 0 Å². The number of nitrogens with zero attached hydrogens (tertiary/aromatic N) is 3. The van der Waals surface area contributed by atoms with Gasteiger partial charge in [0.25, 0.3) is 5.89 Å². The average molecular weight is 248 g/mol. The Hall–Kier alpha value is -1.79. The summed E-state index contributed by atoms with van der Waals surface area (Å²) in [6, 6.07) is 1.88. The number of pyridine rings is 1. The second kappa shape index (κ2) is 6.23. The second-order valence-electron chi connectivity index (χ2n) is 3.74. The topological polar surface area (TPSA) is 87.1 Å². The van der Waals surface area contributed by atoms with E-state index >= 15 is 0 Å². The summed E-state index contributed by atoms with van der Waals surface area (Å²) in [7, 11) is 0. The van der Waals surface area contributed by atoms with E-state index in [2.05, 4.69) is 22.0 Å². The number of aromatic nitrogens is 3. The SMILES string of the molecule is CCc1cnccc1-c1noc(COCCN)n1. The number of hydrogen-bond donors (Lipinski definition) is 1. The maximum atomic E-state index is 5.33. The van der Waals surface area contributed by atoms with Crippen LogP contribution in [0.3, 0.4) is 0 Å². The monoisotopic (exact) mass is 248 g/mol. The van der Waals surface area contributed by atoms with E-state index in [1.54, 1.807) is 6.20 Å². The molecule has 6 heteroatoms. The number of rotatable bonds is 6. The zero-order valence-electron chi connectivity index (χ0n) is 10.3.